The van der Waals surface area contributed by atoms with E-state index in [1.165, 1.54) is 58.0 Å². The van der Waals surface area contributed by atoms with Crippen molar-refractivity contribution < 1.29 is 14.3 Å². The average molecular weight is 438 g/mol. The molecule has 1 saturated carbocycles. The minimum Gasteiger partial charge on any atom is -0.381 e. The number of hydrogen-bond donors (Lipinski definition) is 3. The molecule has 1 aliphatic carbocycles. The van der Waals surface area contributed by atoms with Crippen molar-refractivity contribution in [3.8, 4) is 0 Å². The number of hydroxylamine groups is 1. The zero-order valence-electron chi connectivity index (χ0n) is 19.3. The van der Waals surface area contributed by atoms with Gasteiger partial charge in [0.2, 0.25) is 0 Å². The molecule has 0 radical (unpaired) electrons. The third kappa shape index (κ3) is 5.44. The van der Waals surface area contributed by atoms with Crippen LogP contribution >= 0.6 is 0 Å². The van der Waals surface area contributed by atoms with Gasteiger partial charge < -0.3 is 14.8 Å². The number of morpholine rings is 1. The highest BCUT2D eigenvalue weighted by atomic mass is 16.7. The number of methoxy groups -OCH3 is 1. The maximum Gasteiger partial charge on any atom is 0.146 e. The Morgan fingerprint density at radius 1 is 1.00 bits per heavy atom. The molecule has 178 valence electrons. The van der Waals surface area contributed by atoms with Crippen LogP contribution < -0.4 is 16.1 Å². The fourth-order valence-corrected chi connectivity index (χ4v) is 6.51. The summed E-state index contributed by atoms with van der Waals surface area (Å²) < 4.78 is 11.1. The Morgan fingerprint density at radius 2 is 1.84 bits per heavy atom. The van der Waals surface area contributed by atoms with E-state index < -0.39 is 0 Å². The van der Waals surface area contributed by atoms with Crippen LogP contribution in [0.3, 0.4) is 0 Å². The zero-order valence-corrected chi connectivity index (χ0v) is 19.3. The zero-order chi connectivity index (χ0) is 21.0. The quantitative estimate of drug-likeness (QED) is 0.571. The van der Waals surface area contributed by atoms with E-state index in [-0.39, 0.29) is 12.4 Å². The second kappa shape index (κ2) is 10.7. The Labute approximate surface area is 187 Å². The Bertz CT molecular complexity index is 555. The number of nitrogens with one attached hydrogen (secondary N) is 3. The van der Waals surface area contributed by atoms with Crippen LogP contribution in [0.5, 0.6) is 0 Å². The molecule has 0 amide bonds. The van der Waals surface area contributed by atoms with Gasteiger partial charge in [0.25, 0.3) is 0 Å². The van der Waals surface area contributed by atoms with Gasteiger partial charge in [-0.15, -0.1) is 0 Å². The Morgan fingerprint density at radius 3 is 2.65 bits per heavy atom. The second-order valence-corrected chi connectivity index (χ2v) is 10.3. The van der Waals surface area contributed by atoms with Gasteiger partial charge in [-0.05, 0) is 76.3 Å². The number of nitrogens with zero attached hydrogens (tertiary/aromatic N) is 2. The molecule has 5 aliphatic rings. The van der Waals surface area contributed by atoms with E-state index in [1.54, 1.807) is 0 Å². The monoisotopic (exact) mass is 437 g/mol. The van der Waals surface area contributed by atoms with Crippen molar-refractivity contribution in [2.75, 3.05) is 53.0 Å². The van der Waals surface area contributed by atoms with Crippen molar-refractivity contribution in [3.63, 3.8) is 0 Å². The SMILES string of the molecule is COC1CCC(CN2CCCC2C2NC(C3CCNC(N4CCOCC4)C3)NO2)CC1. The lowest BCUT2D eigenvalue weighted by atomic mass is 9.87. The van der Waals surface area contributed by atoms with Crippen LogP contribution in [0.4, 0.5) is 0 Å². The number of ether oxygens (including phenoxy) is 2. The van der Waals surface area contributed by atoms with Gasteiger partial charge in [0.15, 0.2) is 0 Å². The molecule has 4 aliphatic heterocycles. The predicted molar refractivity (Wildman–Crippen MR) is 119 cm³/mol. The van der Waals surface area contributed by atoms with Gasteiger partial charge in [0, 0.05) is 26.7 Å². The Hall–Kier alpha value is -0.320. The average Bonchev–Trinajstić information content (AvgIpc) is 3.50. The maximum absolute atomic E-state index is 6.16. The predicted octanol–water partition coefficient (Wildman–Crippen LogP) is 1.09. The van der Waals surface area contributed by atoms with Gasteiger partial charge in [0.05, 0.1) is 37.7 Å². The molecule has 8 nitrogen and oxygen atoms in total. The van der Waals surface area contributed by atoms with E-state index in [9.17, 15) is 0 Å². The molecule has 0 aromatic heterocycles. The summed E-state index contributed by atoms with van der Waals surface area (Å²) in [5.74, 6) is 1.41. The molecule has 4 saturated heterocycles. The van der Waals surface area contributed by atoms with E-state index in [2.05, 4.69) is 25.9 Å². The van der Waals surface area contributed by atoms with Gasteiger partial charge in [-0.1, -0.05) is 0 Å². The lowest BCUT2D eigenvalue weighted by Gasteiger charge is -2.41. The minimum atomic E-state index is 0.111. The van der Waals surface area contributed by atoms with Crippen molar-refractivity contribution in [3.05, 3.63) is 0 Å². The molecular formula is C23H43N5O3. The van der Waals surface area contributed by atoms with Crippen LogP contribution in [-0.4, -0.2) is 93.6 Å². The van der Waals surface area contributed by atoms with Gasteiger partial charge in [-0.2, -0.15) is 5.48 Å². The van der Waals surface area contributed by atoms with Crippen LogP contribution in [0.15, 0.2) is 0 Å². The topological polar surface area (TPSA) is 70.3 Å². The molecule has 4 heterocycles. The van der Waals surface area contributed by atoms with Crippen molar-refractivity contribution in [2.24, 2.45) is 11.8 Å². The first kappa shape index (κ1) is 22.5. The van der Waals surface area contributed by atoms with Crippen molar-refractivity contribution in [1.29, 1.82) is 0 Å². The van der Waals surface area contributed by atoms with Crippen LogP contribution in [0.25, 0.3) is 0 Å². The van der Waals surface area contributed by atoms with E-state index in [4.69, 9.17) is 14.3 Å². The number of hydrogen-bond acceptors (Lipinski definition) is 8. The van der Waals surface area contributed by atoms with Crippen LogP contribution in [0.1, 0.15) is 51.4 Å². The summed E-state index contributed by atoms with van der Waals surface area (Å²) in [6, 6.07) is 0.495. The standard InChI is InChI=1S/C23H43N5O3/c1-29-19-6-4-17(5-7-19)16-28-10-2-3-20(28)23-25-22(26-31-23)18-8-9-24-21(15-18)27-11-13-30-14-12-27/h17-26H,2-16H2,1H3. The first-order valence-electron chi connectivity index (χ1n) is 12.8. The van der Waals surface area contributed by atoms with Crippen molar-refractivity contribution in [2.45, 2.75) is 82.1 Å². The Balaban J connectivity index is 1.11. The van der Waals surface area contributed by atoms with Gasteiger partial charge in [-0.25, -0.2) is 0 Å². The molecule has 5 rings (SSSR count). The molecule has 0 aromatic rings. The minimum absolute atomic E-state index is 0.111. The molecule has 5 unspecified atom stereocenters. The molecule has 0 bridgehead atoms. The fraction of sp³-hybridized carbons (Fsp3) is 1.00. The summed E-state index contributed by atoms with van der Waals surface area (Å²) in [5.41, 5.74) is 3.39. The van der Waals surface area contributed by atoms with Gasteiger partial charge in [0.1, 0.15) is 6.23 Å². The second-order valence-electron chi connectivity index (χ2n) is 10.3. The molecule has 8 heteroatoms. The lowest BCUT2D eigenvalue weighted by molar-refractivity contribution is -0.0320. The highest BCUT2D eigenvalue weighted by Crippen LogP contribution is 2.31. The molecule has 0 aromatic carbocycles. The third-order valence-corrected chi connectivity index (χ3v) is 8.43. The van der Waals surface area contributed by atoms with Crippen molar-refractivity contribution >= 4 is 0 Å². The third-order valence-electron chi connectivity index (χ3n) is 8.43. The molecular weight excluding hydrogens is 394 g/mol. The first-order chi connectivity index (χ1) is 15.3. The molecule has 0 spiro atoms. The van der Waals surface area contributed by atoms with Crippen LogP contribution in [0, 0.1) is 11.8 Å². The number of likely N-dealkylation sites (tertiary alicyclic amines) is 1. The number of rotatable bonds is 6. The van der Waals surface area contributed by atoms with E-state index in [0.29, 0.717) is 24.2 Å². The fourth-order valence-electron chi connectivity index (χ4n) is 6.51. The smallest absolute Gasteiger partial charge is 0.146 e. The Kier molecular flexibility index (Phi) is 7.78. The normalized spacial score (nSPS) is 43.5. The molecule has 5 atom stereocenters. The van der Waals surface area contributed by atoms with Crippen molar-refractivity contribution in [1.82, 2.24) is 25.9 Å². The van der Waals surface area contributed by atoms with Crippen LogP contribution in [0.2, 0.25) is 0 Å². The van der Waals surface area contributed by atoms with Gasteiger partial charge in [-0.3, -0.25) is 20.0 Å². The molecule has 5 fully saturated rings. The van der Waals surface area contributed by atoms with E-state index >= 15 is 0 Å². The summed E-state index contributed by atoms with van der Waals surface area (Å²) in [4.78, 5) is 11.4. The van der Waals surface area contributed by atoms with E-state index in [0.717, 1.165) is 45.2 Å². The summed E-state index contributed by atoms with van der Waals surface area (Å²) in [5, 5.41) is 7.57. The van der Waals surface area contributed by atoms with Gasteiger partial charge >= 0.3 is 0 Å². The summed E-state index contributed by atoms with van der Waals surface area (Å²) in [6.45, 7) is 7.32. The highest BCUT2D eigenvalue weighted by Gasteiger charge is 2.42. The first-order valence-corrected chi connectivity index (χ1v) is 12.8. The molecule has 3 N–H and O–H groups in total. The summed E-state index contributed by atoms with van der Waals surface area (Å²) in [7, 11) is 1.86. The van der Waals surface area contributed by atoms with Crippen LogP contribution in [-0.2, 0) is 14.3 Å². The maximum atomic E-state index is 6.16. The highest BCUT2D eigenvalue weighted by molar-refractivity contribution is 4.93. The largest absolute Gasteiger partial charge is 0.381 e. The molecule has 31 heavy (non-hydrogen) atoms. The summed E-state index contributed by atoms with van der Waals surface area (Å²) in [6.07, 6.45) is 11.3. The van der Waals surface area contributed by atoms with E-state index in [1.807, 2.05) is 7.11 Å². The lowest BCUT2D eigenvalue weighted by Crippen LogP contribution is -2.57. The summed E-state index contributed by atoms with van der Waals surface area (Å²) >= 11 is 0. The number of piperidine rings is 1.